The molecule has 0 radical (unpaired) electrons. The lowest BCUT2D eigenvalue weighted by Gasteiger charge is -2.04. The average Bonchev–Trinajstić information content (AvgIpc) is 2.38. The summed E-state index contributed by atoms with van der Waals surface area (Å²) in [7, 11) is 0. The van der Waals surface area contributed by atoms with Crippen LogP contribution in [0, 0.1) is 0 Å². The quantitative estimate of drug-likeness (QED) is 0.635. The summed E-state index contributed by atoms with van der Waals surface area (Å²) in [6.45, 7) is 0.193. The fourth-order valence-corrected chi connectivity index (χ4v) is 1.55. The number of carbonyl (C=O) groups is 1. The van der Waals surface area contributed by atoms with Crippen molar-refractivity contribution >= 4 is 29.2 Å². The van der Waals surface area contributed by atoms with Crippen LogP contribution in [0.5, 0.6) is 0 Å². The van der Waals surface area contributed by atoms with Crippen LogP contribution in [0.25, 0.3) is 0 Å². The van der Waals surface area contributed by atoms with Crippen molar-refractivity contribution in [2.75, 3.05) is 0 Å². The summed E-state index contributed by atoms with van der Waals surface area (Å²) >= 11 is 11.4. The molecule has 2 rings (SSSR count). The maximum absolute atomic E-state index is 11.7. The zero-order valence-electron chi connectivity index (χ0n) is 9.27. The van der Waals surface area contributed by atoms with Gasteiger partial charge in [0.25, 0.3) is 0 Å². The van der Waals surface area contributed by atoms with E-state index in [2.05, 4.69) is 4.98 Å². The normalized spacial score (nSPS) is 10.1. The van der Waals surface area contributed by atoms with Crippen LogP contribution in [-0.2, 0) is 11.3 Å². The van der Waals surface area contributed by atoms with Crippen molar-refractivity contribution < 1.29 is 9.53 Å². The Morgan fingerprint density at radius 1 is 1.11 bits per heavy atom. The Balaban J connectivity index is 1.96. The molecule has 1 aromatic carbocycles. The van der Waals surface area contributed by atoms with Crippen molar-refractivity contribution in [3.63, 3.8) is 0 Å². The molecule has 0 saturated heterocycles. The molecule has 92 valence electrons. The average molecular weight is 282 g/mol. The van der Waals surface area contributed by atoms with Crippen LogP contribution in [0.4, 0.5) is 0 Å². The number of hydrogen-bond donors (Lipinski definition) is 0. The Hall–Kier alpha value is -1.58. The van der Waals surface area contributed by atoms with Crippen LogP contribution in [-0.4, -0.2) is 11.0 Å². The molecule has 0 N–H and O–H groups in total. The van der Waals surface area contributed by atoms with Crippen molar-refractivity contribution in [1.29, 1.82) is 0 Å². The topological polar surface area (TPSA) is 39.2 Å². The van der Waals surface area contributed by atoms with Gasteiger partial charge in [0.15, 0.2) is 0 Å². The van der Waals surface area contributed by atoms with Gasteiger partial charge >= 0.3 is 5.97 Å². The third-order valence-corrected chi connectivity index (χ3v) is 2.72. The first kappa shape index (κ1) is 12.9. The zero-order valence-corrected chi connectivity index (χ0v) is 10.8. The van der Waals surface area contributed by atoms with Gasteiger partial charge in [0, 0.05) is 11.2 Å². The summed E-state index contributed by atoms with van der Waals surface area (Å²) < 4.78 is 5.13. The molecule has 3 nitrogen and oxygen atoms in total. The minimum absolute atomic E-state index is 0.193. The molecular weight excluding hydrogens is 273 g/mol. The van der Waals surface area contributed by atoms with Crippen molar-refractivity contribution in [3.8, 4) is 0 Å². The van der Waals surface area contributed by atoms with Crippen LogP contribution >= 0.6 is 23.2 Å². The van der Waals surface area contributed by atoms with Gasteiger partial charge < -0.3 is 4.74 Å². The molecule has 0 saturated carbocycles. The van der Waals surface area contributed by atoms with Crippen LogP contribution in [0.1, 0.15) is 15.9 Å². The van der Waals surface area contributed by atoms with Crippen LogP contribution < -0.4 is 0 Å². The molecule has 0 bridgehead atoms. The molecule has 0 unspecified atom stereocenters. The molecule has 0 aliphatic rings. The highest BCUT2D eigenvalue weighted by Gasteiger charge is 2.07. The second-order valence-electron chi connectivity index (χ2n) is 3.57. The Bertz CT molecular complexity index is 538. The van der Waals surface area contributed by atoms with Crippen molar-refractivity contribution in [3.05, 3.63) is 63.9 Å². The SMILES string of the molecule is O=C(OCc1ccc(Cl)cc1)c1ccc(Cl)nc1. The van der Waals surface area contributed by atoms with Gasteiger partial charge in [-0.25, -0.2) is 9.78 Å². The monoisotopic (exact) mass is 281 g/mol. The molecule has 0 aliphatic heterocycles. The third-order valence-electron chi connectivity index (χ3n) is 2.25. The maximum Gasteiger partial charge on any atom is 0.340 e. The van der Waals surface area contributed by atoms with Crippen molar-refractivity contribution in [2.45, 2.75) is 6.61 Å². The maximum atomic E-state index is 11.7. The standard InChI is InChI=1S/C13H9Cl2NO2/c14-11-4-1-9(2-5-11)8-18-13(17)10-3-6-12(15)16-7-10/h1-7H,8H2. The molecule has 2 aromatic rings. The van der Waals surface area contributed by atoms with Gasteiger partial charge in [0.05, 0.1) is 5.56 Å². The highest BCUT2D eigenvalue weighted by Crippen LogP contribution is 2.12. The number of aromatic nitrogens is 1. The highest BCUT2D eigenvalue weighted by molar-refractivity contribution is 6.30. The summed E-state index contributed by atoms with van der Waals surface area (Å²) in [5.74, 6) is -0.436. The summed E-state index contributed by atoms with van der Waals surface area (Å²) in [4.78, 5) is 15.5. The van der Waals surface area contributed by atoms with Crippen LogP contribution in [0.15, 0.2) is 42.6 Å². The molecule has 0 spiro atoms. The lowest BCUT2D eigenvalue weighted by molar-refractivity contribution is 0.0472. The molecule has 18 heavy (non-hydrogen) atoms. The minimum atomic E-state index is -0.436. The Kier molecular flexibility index (Phi) is 4.18. The van der Waals surface area contributed by atoms with E-state index in [-0.39, 0.29) is 6.61 Å². The first-order chi connectivity index (χ1) is 8.65. The van der Waals surface area contributed by atoms with E-state index in [0.717, 1.165) is 5.56 Å². The minimum Gasteiger partial charge on any atom is -0.457 e. The lowest BCUT2D eigenvalue weighted by atomic mass is 10.2. The lowest BCUT2D eigenvalue weighted by Crippen LogP contribution is -2.05. The number of benzene rings is 1. The predicted octanol–water partition coefficient (Wildman–Crippen LogP) is 3.75. The molecule has 5 heteroatoms. The van der Waals surface area contributed by atoms with E-state index in [1.54, 1.807) is 36.4 Å². The van der Waals surface area contributed by atoms with Crippen LogP contribution in [0.2, 0.25) is 10.2 Å². The van der Waals surface area contributed by atoms with E-state index >= 15 is 0 Å². The molecular formula is C13H9Cl2NO2. The van der Waals surface area contributed by atoms with Crippen LogP contribution in [0.3, 0.4) is 0 Å². The van der Waals surface area contributed by atoms with E-state index < -0.39 is 5.97 Å². The van der Waals surface area contributed by atoms with E-state index in [1.165, 1.54) is 6.20 Å². The fourth-order valence-electron chi connectivity index (χ4n) is 1.31. The van der Waals surface area contributed by atoms with Gasteiger partial charge in [-0.05, 0) is 29.8 Å². The number of rotatable bonds is 3. The molecule has 1 heterocycles. The number of nitrogens with zero attached hydrogens (tertiary/aromatic N) is 1. The number of esters is 1. The molecule has 1 aromatic heterocycles. The second-order valence-corrected chi connectivity index (χ2v) is 4.40. The van der Waals surface area contributed by atoms with Gasteiger partial charge in [-0.15, -0.1) is 0 Å². The van der Waals surface area contributed by atoms with E-state index in [4.69, 9.17) is 27.9 Å². The van der Waals surface area contributed by atoms with Gasteiger partial charge in [-0.3, -0.25) is 0 Å². The van der Waals surface area contributed by atoms with E-state index in [0.29, 0.717) is 15.7 Å². The van der Waals surface area contributed by atoms with Gasteiger partial charge in [0.1, 0.15) is 11.8 Å². The summed E-state index contributed by atoms with van der Waals surface area (Å²) in [6, 6.07) is 10.2. The summed E-state index contributed by atoms with van der Waals surface area (Å²) in [5.41, 5.74) is 1.24. The third kappa shape index (κ3) is 3.45. The Labute approximate surface area is 114 Å². The molecule has 0 amide bonds. The highest BCUT2D eigenvalue weighted by atomic mass is 35.5. The Morgan fingerprint density at radius 2 is 1.83 bits per heavy atom. The largest absolute Gasteiger partial charge is 0.457 e. The van der Waals surface area contributed by atoms with E-state index in [9.17, 15) is 4.79 Å². The van der Waals surface area contributed by atoms with Gasteiger partial charge in [0.2, 0.25) is 0 Å². The molecule has 0 fully saturated rings. The Morgan fingerprint density at radius 3 is 2.44 bits per heavy atom. The first-order valence-electron chi connectivity index (χ1n) is 5.18. The first-order valence-corrected chi connectivity index (χ1v) is 5.94. The van der Waals surface area contributed by atoms with Gasteiger partial charge in [-0.1, -0.05) is 35.3 Å². The van der Waals surface area contributed by atoms with Crippen molar-refractivity contribution in [2.24, 2.45) is 0 Å². The molecule has 0 aliphatic carbocycles. The second kappa shape index (κ2) is 5.85. The summed E-state index contributed by atoms with van der Waals surface area (Å²) in [5, 5.41) is 0.983. The number of halogens is 2. The predicted molar refractivity (Wildman–Crippen MR) is 69.8 cm³/mol. The zero-order chi connectivity index (χ0) is 13.0. The number of ether oxygens (including phenoxy) is 1. The smallest absolute Gasteiger partial charge is 0.340 e. The number of carbonyl (C=O) groups excluding carboxylic acids is 1. The van der Waals surface area contributed by atoms with Gasteiger partial charge in [-0.2, -0.15) is 0 Å². The number of hydrogen-bond acceptors (Lipinski definition) is 3. The fraction of sp³-hybridized carbons (Fsp3) is 0.0769. The summed E-state index contributed by atoms with van der Waals surface area (Å²) in [6.07, 6.45) is 1.38. The molecule has 0 atom stereocenters. The number of pyridine rings is 1. The van der Waals surface area contributed by atoms with E-state index in [1.807, 2.05) is 0 Å². The van der Waals surface area contributed by atoms with Crippen molar-refractivity contribution in [1.82, 2.24) is 4.98 Å².